The van der Waals surface area contributed by atoms with E-state index in [1.807, 2.05) is 0 Å². The standard InChI is InChI=1S/C13H23N3O4/c1-13(6-2-3-7-13)8-15-12(20)16-9(11(18)19)4-5-10(14)17/h9H,2-8H2,1H3,(H2,14,17)(H,18,19)(H2,15,16,20)/t9-/m0/s1. The lowest BCUT2D eigenvalue weighted by atomic mass is 9.89. The van der Waals surface area contributed by atoms with Gasteiger partial charge in [0.05, 0.1) is 0 Å². The number of carbonyl (C=O) groups is 3. The summed E-state index contributed by atoms with van der Waals surface area (Å²) in [5, 5.41) is 14.0. The molecule has 114 valence electrons. The van der Waals surface area contributed by atoms with Crippen LogP contribution in [0.3, 0.4) is 0 Å². The molecule has 1 fully saturated rings. The van der Waals surface area contributed by atoms with Gasteiger partial charge in [-0.25, -0.2) is 9.59 Å². The Labute approximate surface area is 118 Å². The Morgan fingerprint density at radius 3 is 2.40 bits per heavy atom. The summed E-state index contributed by atoms with van der Waals surface area (Å²) in [6.45, 7) is 2.64. The number of rotatable bonds is 7. The van der Waals surface area contributed by atoms with Gasteiger partial charge in [-0.05, 0) is 24.7 Å². The average molecular weight is 285 g/mol. The molecule has 0 radical (unpaired) electrons. The van der Waals surface area contributed by atoms with E-state index in [1.165, 1.54) is 0 Å². The van der Waals surface area contributed by atoms with Crippen LogP contribution >= 0.6 is 0 Å². The van der Waals surface area contributed by atoms with E-state index in [1.54, 1.807) is 0 Å². The summed E-state index contributed by atoms with van der Waals surface area (Å²) in [4.78, 5) is 33.3. The number of nitrogens with one attached hydrogen (secondary N) is 2. The minimum absolute atomic E-state index is 0.00461. The fraction of sp³-hybridized carbons (Fsp3) is 0.769. The predicted molar refractivity (Wildman–Crippen MR) is 73.0 cm³/mol. The summed E-state index contributed by atoms with van der Waals surface area (Å²) in [7, 11) is 0. The Morgan fingerprint density at radius 2 is 1.90 bits per heavy atom. The minimum atomic E-state index is -1.17. The third kappa shape index (κ3) is 5.46. The number of aliphatic carboxylic acids is 1. The smallest absolute Gasteiger partial charge is 0.326 e. The molecular formula is C13H23N3O4. The van der Waals surface area contributed by atoms with Crippen LogP contribution in [-0.4, -0.2) is 35.6 Å². The first-order valence-corrected chi connectivity index (χ1v) is 6.88. The van der Waals surface area contributed by atoms with Gasteiger partial charge in [-0.15, -0.1) is 0 Å². The lowest BCUT2D eigenvalue weighted by Crippen LogP contribution is -2.48. The van der Waals surface area contributed by atoms with E-state index in [0.29, 0.717) is 6.54 Å². The van der Waals surface area contributed by atoms with E-state index in [0.717, 1.165) is 25.7 Å². The number of amides is 3. The highest BCUT2D eigenvalue weighted by atomic mass is 16.4. The number of hydrogen-bond acceptors (Lipinski definition) is 3. The fourth-order valence-corrected chi connectivity index (χ4v) is 2.45. The molecule has 0 aliphatic heterocycles. The highest BCUT2D eigenvalue weighted by molar-refractivity contribution is 5.83. The largest absolute Gasteiger partial charge is 0.480 e. The van der Waals surface area contributed by atoms with Crippen LogP contribution in [0, 0.1) is 5.41 Å². The maximum Gasteiger partial charge on any atom is 0.326 e. The number of carbonyl (C=O) groups excluding carboxylic acids is 2. The molecule has 1 atom stereocenters. The van der Waals surface area contributed by atoms with E-state index < -0.39 is 23.9 Å². The maximum atomic E-state index is 11.7. The van der Waals surface area contributed by atoms with Crippen molar-refractivity contribution >= 4 is 17.9 Å². The number of carboxylic acids is 1. The Balaban J connectivity index is 2.37. The lowest BCUT2D eigenvalue weighted by Gasteiger charge is -2.24. The Bertz CT molecular complexity index is 378. The predicted octanol–water partition coefficient (Wildman–Crippen LogP) is 0.585. The molecule has 1 aliphatic rings. The van der Waals surface area contributed by atoms with Crippen molar-refractivity contribution in [1.29, 1.82) is 0 Å². The molecule has 1 rings (SSSR count). The van der Waals surface area contributed by atoms with Crippen molar-refractivity contribution in [3.8, 4) is 0 Å². The summed E-state index contributed by atoms with van der Waals surface area (Å²) in [6, 6.07) is -1.62. The van der Waals surface area contributed by atoms with Gasteiger partial charge in [-0.1, -0.05) is 19.8 Å². The van der Waals surface area contributed by atoms with Crippen LogP contribution < -0.4 is 16.4 Å². The van der Waals surface area contributed by atoms with Crippen LogP contribution in [-0.2, 0) is 9.59 Å². The zero-order chi connectivity index (χ0) is 15.2. The summed E-state index contributed by atoms with van der Waals surface area (Å²) in [5.74, 6) is -1.76. The first kappa shape index (κ1) is 16.3. The molecule has 0 heterocycles. The normalized spacial score (nSPS) is 18.2. The molecule has 1 aliphatic carbocycles. The van der Waals surface area contributed by atoms with Crippen molar-refractivity contribution in [2.24, 2.45) is 11.1 Å². The zero-order valence-corrected chi connectivity index (χ0v) is 11.8. The molecule has 5 N–H and O–H groups in total. The van der Waals surface area contributed by atoms with Gasteiger partial charge in [0, 0.05) is 13.0 Å². The molecule has 0 saturated heterocycles. The molecule has 0 unspecified atom stereocenters. The van der Waals surface area contributed by atoms with Gasteiger partial charge >= 0.3 is 12.0 Å². The minimum Gasteiger partial charge on any atom is -0.480 e. The second kappa shape index (κ2) is 7.12. The second-order valence-electron chi connectivity index (χ2n) is 5.74. The van der Waals surface area contributed by atoms with Crippen molar-refractivity contribution < 1.29 is 19.5 Å². The van der Waals surface area contributed by atoms with E-state index >= 15 is 0 Å². The Kier molecular flexibility index (Phi) is 5.79. The van der Waals surface area contributed by atoms with Gasteiger partial charge in [0.2, 0.25) is 5.91 Å². The van der Waals surface area contributed by atoms with Gasteiger partial charge in [0.1, 0.15) is 6.04 Å². The molecule has 7 heteroatoms. The van der Waals surface area contributed by atoms with Crippen LogP contribution in [0.2, 0.25) is 0 Å². The highest BCUT2D eigenvalue weighted by Gasteiger charge is 2.29. The highest BCUT2D eigenvalue weighted by Crippen LogP contribution is 2.36. The van der Waals surface area contributed by atoms with Gasteiger partial charge in [-0.2, -0.15) is 0 Å². The number of carboxylic acid groups (broad SMARTS) is 1. The van der Waals surface area contributed by atoms with Crippen molar-refractivity contribution in [2.75, 3.05) is 6.54 Å². The van der Waals surface area contributed by atoms with Crippen molar-refractivity contribution in [3.05, 3.63) is 0 Å². The third-order valence-corrected chi connectivity index (χ3v) is 3.77. The van der Waals surface area contributed by atoms with Gasteiger partial charge in [-0.3, -0.25) is 4.79 Å². The third-order valence-electron chi connectivity index (χ3n) is 3.77. The van der Waals surface area contributed by atoms with E-state index in [-0.39, 0.29) is 18.3 Å². The van der Waals surface area contributed by atoms with E-state index in [4.69, 9.17) is 10.8 Å². The van der Waals surface area contributed by atoms with Crippen LogP contribution in [0.25, 0.3) is 0 Å². The molecular weight excluding hydrogens is 262 g/mol. The number of hydrogen-bond donors (Lipinski definition) is 4. The zero-order valence-electron chi connectivity index (χ0n) is 11.8. The quantitative estimate of drug-likeness (QED) is 0.546. The Morgan fingerprint density at radius 1 is 1.30 bits per heavy atom. The monoisotopic (exact) mass is 285 g/mol. The number of primary amides is 1. The molecule has 0 aromatic heterocycles. The molecule has 7 nitrogen and oxygen atoms in total. The van der Waals surface area contributed by atoms with Gasteiger partial charge in [0.15, 0.2) is 0 Å². The number of urea groups is 1. The molecule has 0 bridgehead atoms. The van der Waals surface area contributed by atoms with Crippen LogP contribution in [0.5, 0.6) is 0 Å². The fourth-order valence-electron chi connectivity index (χ4n) is 2.45. The summed E-state index contributed by atoms with van der Waals surface area (Å²) >= 11 is 0. The van der Waals surface area contributed by atoms with Gasteiger partial charge in [0.25, 0.3) is 0 Å². The molecule has 1 saturated carbocycles. The van der Waals surface area contributed by atoms with E-state index in [9.17, 15) is 14.4 Å². The SMILES string of the molecule is CC1(CNC(=O)N[C@@H](CCC(N)=O)C(=O)O)CCCC1. The van der Waals surface area contributed by atoms with Crippen molar-refractivity contribution in [3.63, 3.8) is 0 Å². The summed E-state index contributed by atoms with van der Waals surface area (Å²) < 4.78 is 0. The van der Waals surface area contributed by atoms with Crippen LogP contribution in [0.15, 0.2) is 0 Å². The lowest BCUT2D eigenvalue weighted by molar-refractivity contribution is -0.139. The first-order chi connectivity index (χ1) is 9.32. The Hall–Kier alpha value is -1.79. The van der Waals surface area contributed by atoms with Crippen molar-refractivity contribution in [1.82, 2.24) is 10.6 Å². The average Bonchev–Trinajstić information content (AvgIpc) is 2.79. The molecule has 20 heavy (non-hydrogen) atoms. The van der Waals surface area contributed by atoms with Crippen LogP contribution in [0.1, 0.15) is 45.4 Å². The molecule has 0 spiro atoms. The summed E-state index contributed by atoms with van der Waals surface area (Å²) in [6.07, 6.45) is 4.38. The number of nitrogens with two attached hydrogens (primary N) is 1. The van der Waals surface area contributed by atoms with Gasteiger partial charge < -0.3 is 21.5 Å². The van der Waals surface area contributed by atoms with Crippen LogP contribution in [0.4, 0.5) is 4.79 Å². The molecule has 0 aromatic rings. The molecule has 3 amide bonds. The summed E-state index contributed by atoms with van der Waals surface area (Å²) in [5.41, 5.74) is 5.07. The second-order valence-corrected chi connectivity index (χ2v) is 5.74. The maximum absolute atomic E-state index is 11.7. The van der Waals surface area contributed by atoms with E-state index in [2.05, 4.69) is 17.6 Å². The molecule has 0 aromatic carbocycles. The first-order valence-electron chi connectivity index (χ1n) is 6.88. The topological polar surface area (TPSA) is 122 Å². The van der Waals surface area contributed by atoms with Crippen molar-refractivity contribution in [2.45, 2.75) is 51.5 Å².